The second kappa shape index (κ2) is 4.44. The monoisotopic (exact) mass is 242 g/mol. The van der Waals surface area contributed by atoms with E-state index in [1.165, 1.54) is 19.3 Å². The molecule has 1 aliphatic carbocycles. The summed E-state index contributed by atoms with van der Waals surface area (Å²) in [6.07, 6.45) is 3.95. The van der Waals surface area contributed by atoms with Gasteiger partial charge in [0.05, 0.1) is 5.52 Å². The lowest BCUT2D eigenvalue weighted by Gasteiger charge is -2.15. The maximum absolute atomic E-state index is 5.75. The summed E-state index contributed by atoms with van der Waals surface area (Å²) in [5.74, 6) is 2.08. The SMILES string of the molecule is CC(CC1CC1)Nc1nc(N)nc2ccccc12. The molecule has 0 spiro atoms. The minimum Gasteiger partial charge on any atom is -0.368 e. The number of nitrogens with two attached hydrogens (primary N) is 1. The van der Waals surface area contributed by atoms with Crippen molar-refractivity contribution in [1.82, 2.24) is 9.97 Å². The standard InChI is InChI=1S/C14H18N4/c1-9(8-10-6-7-10)16-13-11-4-2-3-5-12(11)17-14(15)18-13/h2-5,9-10H,6-8H2,1H3,(H3,15,16,17,18). The third-order valence-electron chi connectivity index (χ3n) is 3.39. The van der Waals surface area contributed by atoms with Gasteiger partial charge in [0.1, 0.15) is 5.82 Å². The van der Waals surface area contributed by atoms with E-state index in [2.05, 4.69) is 22.2 Å². The molecule has 1 aliphatic rings. The van der Waals surface area contributed by atoms with Crippen LogP contribution in [0.1, 0.15) is 26.2 Å². The fourth-order valence-electron chi connectivity index (χ4n) is 2.35. The maximum Gasteiger partial charge on any atom is 0.222 e. The molecule has 1 atom stereocenters. The van der Waals surface area contributed by atoms with E-state index in [0.717, 1.165) is 22.6 Å². The van der Waals surface area contributed by atoms with Crippen LogP contribution in [0.2, 0.25) is 0 Å². The number of hydrogen-bond donors (Lipinski definition) is 2. The summed E-state index contributed by atoms with van der Waals surface area (Å²) < 4.78 is 0. The van der Waals surface area contributed by atoms with Crippen molar-refractivity contribution in [2.75, 3.05) is 11.1 Å². The number of hydrogen-bond acceptors (Lipinski definition) is 4. The minimum atomic E-state index is 0.329. The quantitative estimate of drug-likeness (QED) is 0.865. The van der Waals surface area contributed by atoms with Crippen LogP contribution in [0.3, 0.4) is 0 Å². The Morgan fingerprint density at radius 1 is 1.33 bits per heavy atom. The van der Waals surface area contributed by atoms with Crippen LogP contribution < -0.4 is 11.1 Å². The number of benzene rings is 1. The van der Waals surface area contributed by atoms with Gasteiger partial charge in [-0.2, -0.15) is 4.98 Å². The van der Waals surface area contributed by atoms with E-state index in [-0.39, 0.29) is 0 Å². The molecule has 3 N–H and O–H groups in total. The number of para-hydroxylation sites is 1. The van der Waals surface area contributed by atoms with Gasteiger partial charge in [-0.05, 0) is 31.4 Å². The lowest BCUT2D eigenvalue weighted by Crippen LogP contribution is -2.17. The molecule has 2 aromatic rings. The van der Waals surface area contributed by atoms with Crippen molar-refractivity contribution >= 4 is 22.7 Å². The molecule has 1 heterocycles. The summed E-state index contributed by atoms with van der Waals surface area (Å²) in [5.41, 5.74) is 6.65. The molecule has 1 aromatic carbocycles. The Bertz CT molecular complexity index is 563. The van der Waals surface area contributed by atoms with Gasteiger partial charge in [0.2, 0.25) is 5.95 Å². The van der Waals surface area contributed by atoms with Crippen LogP contribution in [0, 0.1) is 5.92 Å². The Labute approximate surface area is 107 Å². The Kier molecular flexibility index (Phi) is 2.78. The van der Waals surface area contributed by atoms with Crippen LogP contribution >= 0.6 is 0 Å². The zero-order chi connectivity index (χ0) is 12.5. The second-order valence-electron chi connectivity index (χ2n) is 5.17. The van der Waals surface area contributed by atoms with E-state index < -0.39 is 0 Å². The van der Waals surface area contributed by atoms with E-state index in [9.17, 15) is 0 Å². The molecule has 0 amide bonds. The first kappa shape index (κ1) is 11.3. The normalized spacial score (nSPS) is 16.7. The lowest BCUT2D eigenvalue weighted by atomic mass is 10.1. The van der Waals surface area contributed by atoms with Crippen LogP contribution in [0.4, 0.5) is 11.8 Å². The lowest BCUT2D eigenvalue weighted by molar-refractivity contribution is 0.641. The van der Waals surface area contributed by atoms with Crippen molar-refractivity contribution in [2.45, 2.75) is 32.2 Å². The Morgan fingerprint density at radius 2 is 2.11 bits per heavy atom. The average Bonchev–Trinajstić information content (AvgIpc) is 3.12. The van der Waals surface area contributed by atoms with Gasteiger partial charge in [0.25, 0.3) is 0 Å². The van der Waals surface area contributed by atoms with E-state index in [4.69, 9.17) is 5.73 Å². The molecular weight excluding hydrogens is 224 g/mol. The molecule has 1 fully saturated rings. The van der Waals surface area contributed by atoms with Gasteiger partial charge in [-0.3, -0.25) is 0 Å². The van der Waals surface area contributed by atoms with Gasteiger partial charge in [-0.15, -0.1) is 0 Å². The van der Waals surface area contributed by atoms with Gasteiger partial charge in [0.15, 0.2) is 0 Å². The van der Waals surface area contributed by atoms with Gasteiger partial charge in [-0.1, -0.05) is 25.0 Å². The third kappa shape index (κ3) is 2.37. The van der Waals surface area contributed by atoms with E-state index in [1.807, 2.05) is 24.3 Å². The molecule has 4 nitrogen and oxygen atoms in total. The summed E-state index contributed by atoms with van der Waals surface area (Å²) >= 11 is 0. The molecule has 1 unspecified atom stereocenters. The summed E-state index contributed by atoms with van der Waals surface area (Å²) in [4.78, 5) is 8.57. The molecule has 3 rings (SSSR count). The van der Waals surface area contributed by atoms with E-state index >= 15 is 0 Å². The Hall–Kier alpha value is -1.84. The predicted octanol–water partition coefficient (Wildman–Crippen LogP) is 2.81. The number of aromatic nitrogens is 2. The summed E-state index contributed by atoms with van der Waals surface area (Å²) in [5, 5.41) is 4.50. The minimum absolute atomic E-state index is 0.329. The number of anilines is 2. The summed E-state index contributed by atoms with van der Waals surface area (Å²) in [6.45, 7) is 2.20. The molecule has 0 radical (unpaired) electrons. The van der Waals surface area contributed by atoms with Crippen molar-refractivity contribution in [1.29, 1.82) is 0 Å². The van der Waals surface area contributed by atoms with Crippen molar-refractivity contribution in [3.63, 3.8) is 0 Å². The van der Waals surface area contributed by atoms with Crippen molar-refractivity contribution < 1.29 is 0 Å². The molecule has 18 heavy (non-hydrogen) atoms. The van der Waals surface area contributed by atoms with E-state index in [1.54, 1.807) is 0 Å². The zero-order valence-corrected chi connectivity index (χ0v) is 10.6. The highest BCUT2D eigenvalue weighted by atomic mass is 15.1. The fraction of sp³-hybridized carbons (Fsp3) is 0.429. The van der Waals surface area contributed by atoms with E-state index in [0.29, 0.717) is 12.0 Å². The number of nitrogens with one attached hydrogen (secondary N) is 1. The largest absolute Gasteiger partial charge is 0.368 e. The molecule has 0 aliphatic heterocycles. The van der Waals surface area contributed by atoms with Crippen molar-refractivity contribution in [2.24, 2.45) is 5.92 Å². The second-order valence-corrected chi connectivity index (χ2v) is 5.17. The van der Waals surface area contributed by atoms with Crippen LogP contribution in [-0.4, -0.2) is 16.0 Å². The average molecular weight is 242 g/mol. The molecule has 94 valence electrons. The molecule has 4 heteroatoms. The first-order valence-electron chi connectivity index (χ1n) is 6.51. The molecule has 0 saturated heterocycles. The summed E-state index contributed by atoms with van der Waals surface area (Å²) in [7, 11) is 0. The maximum atomic E-state index is 5.75. The number of nitrogens with zero attached hydrogens (tertiary/aromatic N) is 2. The fourth-order valence-corrected chi connectivity index (χ4v) is 2.35. The third-order valence-corrected chi connectivity index (χ3v) is 3.39. The molecule has 1 saturated carbocycles. The zero-order valence-electron chi connectivity index (χ0n) is 10.6. The molecule has 0 bridgehead atoms. The first-order chi connectivity index (χ1) is 8.72. The summed E-state index contributed by atoms with van der Waals surface area (Å²) in [6, 6.07) is 8.38. The molecular formula is C14H18N4. The Morgan fingerprint density at radius 3 is 2.89 bits per heavy atom. The highest BCUT2D eigenvalue weighted by Crippen LogP contribution is 2.34. The van der Waals surface area contributed by atoms with Gasteiger partial charge in [0, 0.05) is 11.4 Å². The van der Waals surface area contributed by atoms with Crippen molar-refractivity contribution in [3.05, 3.63) is 24.3 Å². The topological polar surface area (TPSA) is 63.8 Å². The van der Waals surface area contributed by atoms with Gasteiger partial charge < -0.3 is 11.1 Å². The van der Waals surface area contributed by atoms with Crippen LogP contribution in [-0.2, 0) is 0 Å². The van der Waals surface area contributed by atoms with Crippen molar-refractivity contribution in [3.8, 4) is 0 Å². The number of nitrogen functional groups attached to an aromatic ring is 1. The van der Waals surface area contributed by atoms with Crippen LogP contribution in [0.25, 0.3) is 10.9 Å². The predicted molar refractivity (Wildman–Crippen MR) is 74.4 cm³/mol. The highest BCUT2D eigenvalue weighted by molar-refractivity contribution is 5.89. The number of fused-ring (bicyclic) bond motifs is 1. The smallest absolute Gasteiger partial charge is 0.222 e. The van der Waals surface area contributed by atoms with Crippen LogP contribution in [0.15, 0.2) is 24.3 Å². The first-order valence-corrected chi connectivity index (χ1v) is 6.51. The van der Waals surface area contributed by atoms with Crippen LogP contribution in [0.5, 0.6) is 0 Å². The molecule has 1 aromatic heterocycles. The van der Waals surface area contributed by atoms with Gasteiger partial charge >= 0.3 is 0 Å². The van der Waals surface area contributed by atoms with Gasteiger partial charge in [-0.25, -0.2) is 4.98 Å². The Balaban J connectivity index is 1.89. The number of rotatable bonds is 4. The highest BCUT2D eigenvalue weighted by Gasteiger charge is 2.23.